The number of hydrogen-bond donors (Lipinski definition) is 0. The number of nitrogens with zero attached hydrogens (tertiary/aromatic N) is 4. The predicted octanol–water partition coefficient (Wildman–Crippen LogP) is 11.1. The van der Waals surface area contributed by atoms with Gasteiger partial charge in [-0.15, -0.1) is 0 Å². The Morgan fingerprint density at radius 3 is 1.48 bits per heavy atom. The van der Waals surface area contributed by atoms with E-state index in [2.05, 4.69) is 104 Å². The van der Waals surface area contributed by atoms with Crippen molar-refractivity contribution in [2.75, 3.05) is 0 Å². The molecule has 6 rings (SSSR count). The SMILES string of the molecule is CCCCCCCCCC(n1c2ccccc2c2ccnc(C(C)C)c21)n1c2ccccc2c2ccnc(C(C)C)c21. The molecular formula is C38H46N4. The van der Waals surface area contributed by atoms with Crippen LogP contribution >= 0.6 is 0 Å². The average Bonchev–Trinajstić information content (AvgIpc) is 3.52. The molecule has 0 radical (unpaired) electrons. The van der Waals surface area contributed by atoms with Gasteiger partial charge >= 0.3 is 0 Å². The summed E-state index contributed by atoms with van der Waals surface area (Å²) in [6.45, 7) is 11.4. The number of benzene rings is 2. The standard InChI is InChI=1S/C38H46N4/c1-6-7-8-9-10-11-12-21-34(41-32-19-15-13-17-28(32)30-22-24-39-35(26(2)3)37(30)41)42-33-20-16-14-18-29(33)31-23-25-40-36(27(4)5)38(31)42/h13-20,22-27,34H,6-12,21H2,1-5H3. The van der Waals surface area contributed by atoms with Gasteiger partial charge in [-0.05, 0) is 48.9 Å². The van der Waals surface area contributed by atoms with Crippen LogP contribution in [0.25, 0.3) is 43.6 Å². The van der Waals surface area contributed by atoms with Crippen molar-refractivity contribution in [2.24, 2.45) is 0 Å². The summed E-state index contributed by atoms with van der Waals surface area (Å²) in [5, 5.41) is 5.22. The summed E-state index contributed by atoms with van der Waals surface area (Å²) < 4.78 is 5.29. The van der Waals surface area contributed by atoms with Crippen molar-refractivity contribution in [1.82, 2.24) is 19.1 Å². The Morgan fingerprint density at radius 2 is 1.00 bits per heavy atom. The topological polar surface area (TPSA) is 35.6 Å². The van der Waals surface area contributed by atoms with Crippen molar-refractivity contribution in [3.8, 4) is 0 Å². The lowest BCUT2D eigenvalue weighted by molar-refractivity contribution is 0.416. The van der Waals surface area contributed by atoms with Gasteiger partial charge in [0.2, 0.25) is 0 Å². The van der Waals surface area contributed by atoms with Crippen LogP contribution in [0, 0.1) is 0 Å². The molecule has 4 heterocycles. The minimum Gasteiger partial charge on any atom is -0.317 e. The third kappa shape index (κ3) is 4.99. The molecule has 0 unspecified atom stereocenters. The highest BCUT2D eigenvalue weighted by atomic mass is 15.2. The molecule has 0 spiro atoms. The molecule has 0 aliphatic rings. The molecule has 0 saturated carbocycles. The minimum atomic E-state index is 0.105. The molecular weight excluding hydrogens is 512 g/mol. The third-order valence-electron chi connectivity index (χ3n) is 9.05. The fourth-order valence-electron chi connectivity index (χ4n) is 7.07. The Hall–Kier alpha value is -3.66. The molecule has 42 heavy (non-hydrogen) atoms. The van der Waals surface area contributed by atoms with Gasteiger partial charge in [0.05, 0.1) is 33.5 Å². The second-order valence-electron chi connectivity index (χ2n) is 12.7. The number of para-hydroxylation sites is 2. The number of fused-ring (bicyclic) bond motifs is 6. The van der Waals surface area contributed by atoms with Crippen molar-refractivity contribution in [2.45, 2.75) is 104 Å². The molecule has 4 heteroatoms. The highest BCUT2D eigenvalue weighted by Gasteiger charge is 2.27. The summed E-state index contributed by atoms with van der Waals surface area (Å²) in [6.07, 6.45) is 14.3. The minimum absolute atomic E-state index is 0.105. The van der Waals surface area contributed by atoms with E-state index in [1.807, 2.05) is 12.4 Å². The van der Waals surface area contributed by atoms with Gasteiger partial charge in [-0.25, -0.2) is 0 Å². The second-order valence-corrected chi connectivity index (χ2v) is 12.7. The molecule has 0 amide bonds. The first-order chi connectivity index (χ1) is 20.5. The van der Waals surface area contributed by atoms with E-state index in [1.165, 1.54) is 99.9 Å². The number of aromatic nitrogens is 4. The lowest BCUT2D eigenvalue weighted by Crippen LogP contribution is -2.20. The van der Waals surface area contributed by atoms with E-state index in [1.54, 1.807) is 0 Å². The first-order valence-electron chi connectivity index (χ1n) is 16.3. The fraction of sp³-hybridized carbons (Fsp3) is 0.421. The van der Waals surface area contributed by atoms with Crippen molar-refractivity contribution < 1.29 is 0 Å². The zero-order chi connectivity index (χ0) is 29.2. The quantitative estimate of drug-likeness (QED) is 0.140. The zero-order valence-corrected chi connectivity index (χ0v) is 26.1. The van der Waals surface area contributed by atoms with Crippen LogP contribution in [0.15, 0.2) is 73.1 Å². The fourth-order valence-corrected chi connectivity index (χ4v) is 7.07. The lowest BCUT2D eigenvalue weighted by atomic mass is 10.0. The summed E-state index contributed by atoms with van der Waals surface area (Å²) in [4.78, 5) is 9.98. The Morgan fingerprint density at radius 1 is 0.548 bits per heavy atom. The van der Waals surface area contributed by atoms with Crippen molar-refractivity contribution >= 4 is 43.6 Å². The van der Waals surface area contributed by atoms with E-state index in [0.717, 1.165) is 6.42 Å². The molecule has 0 fully saturated rings. The maximum absolute atomic E-state index is 4.99. The Kier molecular flexibility index (Phi) is 8.33. The van der Waals surface area contributed by atoms with Gasteiger partial charge in [0, 0.05) is 33.9 Å². The maximum Gasteiger partial charge on any atom is 0.111 e. The number of unbranched alkanes of at least 4 members (excludes halogenated alkanes) is 6. The number of pyridine rings is 2. The van der Waals surface area contributed by atoms with Crippen LogP contribution in [-0.2, 0) is 0 Å². The van der Waals surface area contributed by atoms with Gasteiger partial charge < -0.3 is 9.13 Å². The van der Waals surface area contributed by atoms with Crippen molar-refractivity contribution in [1.29, 1.82) is 0 Å². The summed E-state index contributed by atoms with van der Waals surface area (Å²) in [7, 11) is 0. The van der Waals surface area contributed by atoms with Gasteiger partial charge in [0.15, 0.2) is 0 Å². The summed E-state index contributed by atoms with van der Waals surface area (Å²) >= 11 is 0. The molecule has 4 aromatic heterocycles. The molecule has 0 aliphatic carbocycles. The molecule has 0 bridgehead atoms. The predicted molar refractivity (Wildman–Crippen MR) is 180 cm³/mol. The van der Waals surface area contributed by atoms with Crippen molar-refractivity contribution in [3.63, 3.8) is 0 Å². The summed E-state index contributed by atoms with van der Waals surface area (Å²) in [5.41, 5.74) is 7.49. The van der Waals surface area contributed by atoms with Gasteiger partial charge in [0.25, 0.3) is 0 Å². The maximum atomic E-state index is 4.99. The van der Waals surface area contributed by atoms with Crippen LogP contribution in [0.4, 0.5) is 0 Å². The second kappa shape index (κ2) is 12.3. The zero-order valence-electron chi connectivity index (χ0n) is 26.1. The lowest BCUT2D eigenvalue weighted by Gasteiger charge is -2.27. The monoisotopic (exact) mass is 558 g/mol. The first kappa shape index (κ1) is 28.5. The normalized spacial score (nSPS) is 12.4. The van der Waals surface area contributed by atoms with Crippen LogP contribution < -0.4 is 0 Å². The van der Waals surface area contributed by atoms with Gasteiger partial charge in [-0.2, -0.15) is 0 Å². The summed E-state index contributed by atoms with van der Waals surface area (Å²) in [6, 6.07) is 22.4. The first-order valence-corrected chi connectivity index (χ1v) is 16.3. The molecule has 0 aliphatic heterocycles. The molecule has 4 nitrogen and oxygen atoms in total. The summed E-state index contributed by atoms with van der Waals surface area (Å²) in [5.74, 6) is 0.643. The van der Waals surface area contributed by atoms with E-state index < -0.39 is 0 Å². The Labute approximate surface area is 250 Å². The van der Waals surface area contributed by atoms with Crippen LogP contribution in [0.3, 0.4) is 0 Å². The number of hydrogen-bond acceptors (Lipinski definition) is 2. The van der Waals surface area contributed by atoms with Gasteiger partial charge in [-0.3, -0.25) is 9.97 Å². The molecule has 0 N–H and O–H groups in total. The largest absolute Gasteiger partial charge is 0.317 e. The number of rotatable bonds is 12. The van der Waals surface area contributed by atoms with E-state index in [9.17, 15) is 0 Å². The van der Waals surface area contributed by atoms with Crippen molar-refractivity contribution in [3.05, 3.63) is 84.4 Å². The van der Waals surface area contributed by atoms with Crippen LogP contribution in [0.1, 0.15) is 115 Å². The third-order valence-corrected chi connectivity index (χ3v) is 9.05. The van der Waals surface area contributed by atoms with E-state index in [4.69, 9.17) is 9.97 Å². The molecule has 0 saturated heterocycles. The van der Waals surface area contributed by atoms with Gasteiger partial charge in [0.1, 0.15) is 6.17 Å². The molecule has 2 aromatic carbocycles. The Balaban J connectivity index is 1.63. The highest BCUT2D eigenvalue weighted by molar-refractivity contribution is 6.10. The van der Waals surface area contributed by atoms with E-state index in [0.29, 0.717) is 11.8 Å². The van der Waals surface area contributed by atoms with Gasteiger partial charge in [-0.1, -0.05) is 110 Å². The van der Waals surface area contributed by atoms with Crippen LogP contribution in [-0.4, -0.2) is 19.1 Å². The van der Waals surface area contributed by atoms with E-state index >= 15 is 0 Å². The van der Waals surface area contributed by atoms with Crippen LogP contribution in [0.5, 0.6) is 0 Å². The molecule has 6 aromatic rings. The van der Waals surface area contributed by atoms with E-state index in [-0.39, 0.29) is 6.17 Å². The molecule has 218 valence electrons. The highest BCUT2D eigenvalue weighted by Crippen LogP contribution is 2.42. The smallest absolute Gasteiger partial charge is 0.111 e. The average molecular weight is 559 g/mol. The molecule has 0 atom stereocenters. The Bertz CT molecular complexity index is 1690. The van der Waals surface area contributed by atoms with Crippen LogP contribution in [0.2, 0.25) is 0 Å².